The van der Waals surface area contributed by atoms with E-state index >= 15 is 0 Å². The predicted octanol–water partition coefficient (Wildman–Crippen LogP) is 5.65. The molecule has 1 N–H and O–H groups in total. The molecule has 2 heterocycles. The summed E-state index contributed by atoms with van der Waals surface area (Å²) in [6.45, 7) is 6.30. The van der Waals surface area contributed by atoms with Gasteiger partial charge in [0.1, 0.15) is 5.82 Å². The number of hydrogen-bond donors (Lipinski definition) is 1. The first-order valence-corrected chi connectivity index (χ1v) is 9.18. The van der Waals surface area contributed by atoms with E-state index in [4.69, 9.17) is 0 Å². The first-order chi connectivity index (χ1) is 12.1. The van der Waals surface area contributed by atoms with E-state index in [1.807, 2.05) is 12.1 Å². The number of H-pyrrole nitrogens is 1. The number of nitrogens with zero attached hydrogens (tertiary/aromatic N) is 1. The molecule has 1 unspecified atom stereocenters. The van der Waals surface area contributed by atoms with Gasteiger partial charge in [0.05, 0.1) is 6.04 Å². The summed E-state index contributed by atoms with van der Waals surface area (Å²) < 4.78 is 13.2. The molecule has 1 fully saturated rings. The van der Waals surface area contributed by atoms with E-state index in [2.05, 4.69) is 41.9 Å². The molecule has 1 atom stereocenters. The van der Waals surface area contributed by atoms with E-state index in [0.717, 1.165) is 13.1 Å². The first-order valence-electron chi connectivity index (χ1n) is 9.18. The number of aromatic nitrogens is 1. The minimum absolute atomic E-state index is 0.166. The third-order valence-electron chi connectivity index (χ3n) is 5.38. The zero-order chi connectivity index (χ0) is 17.4. The lowest BCUT2D eigenvalue weighted by atomic mass is 9.98. The highest BCUT2D eigenvalue weighted by Gasteiger charge is 2.25. The number of halogens is 1. The van der Waals surface area contributed by atoms with Crippen LogP contribution in [-0.4, -0.2) is 16.4 Å². The second-order valence-corrected chi connectivity index (χ2v) is 7.38. The molecular formula is C22H25FN2. The van der Waals surface area contributed by atoms with Crippen molar-refractivity contribution in [3.05, 3.63) is 70.7 Å². The predicted molar refractivity (Wildman–Crippen MR) is 101 cm³/mol. The van der Waals surface area contributed by atoms with Crippen molar-refractivity contribution in [2.75, 3.05) is 6.54 Å². The number of likely N-dealkylation sites (tertiary alicyclic amines) is 1. The molecule has 3 aromatic rings. The van der Waals surface area contributed by atoms with Gasteiger partial charge in [-0.2, -0.15) is 0 Å². The Morgan fingerprint density at radius 1 is 1.08 bits per heavy atom. The number of nitrogens with one attached hydrogen (secondary N) is 1. The minimum atomic E-state index is -0.166. The van der Waals surface area contributed by atoms with E-state index in [1.165, 1.54) is 52.5 Å². The SMILES string of the molecule is Cc1cc(C)c2cc(C3CCCCN3Cc3ccc(F)cc3)[nH]c2c1. The van der Waals surface area contributed by atoms with Gasteiger partial charge in [-0.1, -0.05) is 24.6 Å². The van der Waals surface area contributed by atoms with Crippen molar-refractivity contribution >= 4 is 10.9 Å². The number of benzene rings is 2. The standard InChI is InChI=1S/C22H25FN2/c1-15-11-16(2)19-13-21(24-20(19)12-15)22-5-3-4-10-25(22)14-17-6-8-18(23)9-7-17/h6-9,11-13,22,24H,3-5,10,14H2,1-2H3. The summed E-state index contributed by atoms with van der Waals surface area (Å²) in [4.78, 5) is 6.20. The maximum atomic E-state index is 13.2. The fourth-order valence-corrected chi connectivity index (χ4v) is 4.16. The molecule has 1 aliphatic rings. The quantitative estimate of drug-likeness (QED) is 0.655. The summed E-state index contributed by atoms with van der Waals surface area (Å²) in [5.41, 5.74) is 6.35. The van der Waals surface area contributed by atoms with Crippen molar-refractivity contribution < 1.29 is 4.39 Å². The molecule has 2 aromatic carbocycles. The van der Waals surface area contributed by atoms with Gasteiger partial charge in [-0.05, 0) is 74.2 Å². The third kappa shape index (κ3) is 3.34. The molecule has 1 saturated heterocycles. The van der Waals surface area contributed by atoms with Crippen LogP contribution >= 0.6 is 0 Å². The molecule has 25 heavy (non-hydrogen) atoms. The van der Waals surface area contributed by atoms with E-state index in [-0.39, 0.29) is 5.82 Å². The van der Waals surface area contributed by atoms with E-state index in [9.17, 15) is 4.39 Å². The van der Waals surface area contributed by atoms with E-state index in [1.54, 1.807) is 12.1 Å². The lowest BCUT2D eigenvalue weighted by Crippen LogP contribution is -2.33. The molecule has 1 aromatic heterocycles. The van der Waals surface area contributed by atoms with Gasteiger partial charge in [-0.3, -0.25) is 4.90 Å². The van der Waals surface area contributed by atoms with Gasteiger partial charge in [-0.15, -0.1) is 0 Å². The van der Waals surface area contributed by atoms with Gasteiger partial charge < -0.3 is 4.98 Å². The number of aryl methyl sites for hydroxylation is 2. The van der Waals surface area contributed by atoms with Crippen LogP contribution in [0.15, 0.2) is 42.5 Å². The molecule has 0 saturated carbocycles. The number of piperidine rings is 1. The Labute approximate surface area is 148 Å². The Bertz CT molecular complexity index is 879. The molecule has 3 heteroatoms. The molecule has 0 aliphatic carbocycles. The van der Waals surface area contributed by atoms with Crippen LogP contribution in [0.1, 0.15) is 47.7 Å². The van der Waals surface area contributed by atoms with Crippen LogP contribution in [0.2, 0.25) is 0 Å². The summed E-state index contributed by atoms with van der Waals surface area (Å²) >= 11 is 0. The molecule has 0 radical (unpaired) electrons. The summed E-state index contributed by atoms with van der Waals surface area (Å²) in [5.74, 6) is -0.166. The van der Waals surface area contributed by atoms with Gasteiger partial charge in [0.2, 0.25) is 0 Å². The number of aromatic amines is 1. The summed E-state index contributed by atoms with van der Waals surface area (Å²) in [6, 6.07) is 14.1. The average molecular weight is 336 g/mol. The summed E-state index contributed by atoms with van der Waals surface area (Å²) in [7, 11) is 0. The van der Waals surface area contributed by atoms with Crippen molar-refractivity contribution in [2.24, 2.45) is 0 Å². The fourth-order valence-electron chi connectivity index (χ4n) is 4.16. The third-order valence-corrected chi connectivity index (χ3v) is 5.38. The Morgan fingerprint density at radius 3 is 2.68 bits per heavy atom. The Balaban J connectivity index is 1.64. The smallest absolute Gasteiger partial charge is 0.123 e. The zero-order valence-corrected chi connectivity index (χ0v) is 15.0. The van der Waals surface area contributed by atoms with Gasteiger partial charge in [-0.25, -0.2) is 4.39 Å². The highest BCUT2D eigenvalue weighted by Crippen LogP contribution is 2.34. The fraction of sp³-hybridized carbons (Fsp3) is 0.364. The lowest BCUT2D eigenvalue weighted by molar-refractivity contribution is 0.138. The maximum Gasteiger partial charge on any atom is 0.123 e. The van der Waals surface area contributed by atoms with E-state index in [0.29, 0.717) is 6.04 Å². The molecule has 0 bridgehead atoms. The highest BCUT2D eigenvalue weighted by molar-refractivity contribution is 5.84. The van der Waals surface area contributed by atoms with Crippen LogP contribution in [0.3, 0.4) is 0 Å². The van der Waals surface area contributed by atoms with Gasteiger partial charge >= 0.3 is 0 Å². The van der Waals surface area contributed by atoms with Crippen LogP contribution in [0, 0.1) is 19.7 Å². The molecule has 1 aliphatic heterocycles. The van der Waals surface area contributed by atoms with Gasteiger partial charge in [0.15, 0.2) is 0 Å². The van der Waals surface area contributed by atoms with Crippen LogP contribution in [0.25, 0.3) is 10.9 Å². The maximum absolute atomic E-state index is 13.2. The van der Waals surface area contributed by atoms with Crippen molar-refractivity contribution in [1.82, 2.24) is 9.88 Å². The molecule has 130 valence electrons. The average Bonchev–Trinajstić information content (AvgIpc) is 3.01. The number of fused-ring (bicyclic) bond motifs is 1. The topological polar surface area (TPSA) is 19.0 Å². The monoisotopic (exact) mass is 336 g/mol. The Kier molecular flexibility index (Phi) is 4.34. The first kappa shape index (κ1) is 16.3. The largest absolute Gasteiger partial charge is 0.357 e. The van der Waals surface area contributed by atoms with Crippen LogP contribution in [0.4, 0.5) is 4.39 Å². The van der Waals surface area contributed by atoms with Crippen molar-refractivity contribution in [1.29, 1.82) is 0 Å². The van der Waals surface area contributed by atoms with Crippen molar-refractivity contribution in [3.63, 3.8) is 0 Å². The summed E-state index contributed by atoms with van der Waals surface area (Å²) in [6.07, 6.45) is 3.67. The van der Waals surface area contributed by atoms with Crippen LogP contribution < -0.4 is 0 Å². The Hall–Kier alpha value is -2.13. The second kappa shape index (κ2) is 6.64. The lowest BCUT2D eigenvalue weighted by Gasteiger charge is -2.35. The van der Waals surface area contributed by atoms with Crippen molar-refractivity contribution in [2.45, 2.75) is 45.7 Å². The minimum Gasteiger partial charge on any atom is -0.357 e. The van der Waals surface area contributed by atoms with Crippen molar-refractivity contribution in [3.8, 4) is 0 Å². The summed E-state index contributed by atoms with van der Waals surface area (Å²) in [5, 5.41) is 1.33. The number of rotatable bonds is 3. The molecular weight excluding hydrogens is 311 g/mol. The molecule has 2 nitrogen and oxygen atoms in total. The van der Waals surface area contributed by atoms with Gasteiger partial charge in [0.25, 0.3) is 0 Å². The van der Waals surface area contributed by atoms with E-state index < -0.39 is 0 Å². The highest BCUT2D eigenvalue weighted by atomic mass is 19.1. The molecule has 0 spiro atoms. The number of hydrogen-bond acceptors (Lipinski definition) is 1. The Morgan fingerprint density at radius 2 is 1.88 bits per heavy atom. The molecule has 4 rings (SSSR count). The normalized spacial score (nSPS) is 18.8. The molecule has 0 amide bonds. The van der Waals surface area contributed by atoms with Crippen LogP contribution in [0.5, 0.6) is 0 Å². The zero-order valence-electron chi connectivity index (χ0n) is 15.0. The van der Waals surface area contributed by atoms with Gasteiger partial charge in [0, 0.05) is 23.1 Å². The van der Waals surface area contributed by atoms with Crippen LogP contribution in [-0.2, 0) is 6.54 Å². The second-order valence-electron chi connectivity index (χ2n) is 7.38.